The van der Waals surface area contributed by atoms with Crippen molar-refractivity contribution in [2.75, 3.05) is 0 Å². The predicted molar refractivity (Wildman–Crippen MR) is 21.4 cm³/mol. The van der Waals surface area contributed by atoms with Crippen LogP contribution in [-0.2, 0) is 3.80 Å². The second-order valence-corrected chi connectivity index (χ2v) is 1.50. The standard InChI is InChI=1S/C3H5.Al.O/c1-3-2;;/h3H,1-2H2;;. The van der Waals surface area contributed by atoms with Gasteiger partial charge in [-0.05, 0) is 0 Å². The molecular weight excluding hydrogens is 79.0 g/mol. The van der Waals surface area contributed by atoms with E-state index in [0.29, 0.717) is 5.28 Å². The average Bonchev–Trinajstić information content (AvgIpc) is 1.41. The van der Waals surface area contributed by atoms with Crippen LogP contribution in [0.1, 0.15) is 0 Å². The van der Waals surface area contributed by atoms with Gasteiger partial charge in [-0.3, -0.25) is 0 Å². The third-order valence-corrected chi connectivity index (χ3v) is 0.789. The molecule has 0 aromatic rings. The summed E-state index contributed by atoms with van der Waals surface area (Å²) in [6, 6.07) is 0. The van der Waals surface area contributed by atoms with E-state index >= 15 is 0 Å². The maximum absolute atomic E-state index is 9.54. The zero-order chi connectivity index (χ0) is 4.12. The van der Waals surface area contributed by atoms with Gasteiger partial charge in [-0.2, -0.15) is 0 Å². The van der Waals surface area contributed by atoms with E-state index in [4.69, 9.17) is 0 Å². The summed E-state index contributed by atoms with van der Waals surface area (Å²) in [5, 5.41) is 0.681. The summed E-state index contributed by atoms with van der Waals surface area (Å²) in [5.74, 6) is 0. The monoisotopic (exact) mass is 84.0 g/mol. The van der Waals surface area contributed by atoms with Crippen LogP contribution in [0.5, 0.6) is 0 Å². The van der Waals surface area contributed by atoms with Gasteiger partial charge in [0.2, 0.25) is 0 Å². The molecular formula is C3H5AlO. The molecule has 0 spiro atoms. The van der Waals surface area contributed by atoms with Crippen molar-refractivity contribution in [1.29, 1.82) is 0 Å². The van der Waals surface area contributed by atoms with Crippen LogP contribution in [0.2, 0.25) is 5.28 Å². The molecule has 0 radical (unpaired) electrons. The predicted octanol–water partition coefficient (Wildman–Crippen LogP) is 0.640. The average molecular weight is 84.1 g/mol. The molecule has 0 aliphatic carbocycles. The summed E-state index contributed by atoms with van der Waals surface area (Å²) in [5.41, 5.74) is 0. The molecule has 0 bridgehead atoms. The normalized spacial score (nSPS) is 5.60. The Morgan fingerprint density at radius 3 is 2.60 bits per heavy atom. The van der Waals surface area contributed by atoms with Crippen molar-refractivity contribution in [3.05, 3.63) is 12.7 Å². The van der Waals surface area contributed by atoms with Gasteiger partial charge in [-0.25, -0.2) is 0 Å². The first-order valence-corrected chi connectivity index (χ1v) is 2.75. The van der Waals surface area contributed by atoms with E-state index in [1.54, 1.807) is 6.08 Å². The Labute approximate surface area is 37.6 Å². The van der Waals surface area contributed by atoms with Crippen LogP contribution in [0.25, 0.3) is 0 Å². The first-order valence-electron chi connectivity index (χ1n) is 1.46. The van der Waals surface area contributed by atoms with Gasteiger partial charge in [0.05, 0.1) is 0 Å². The first-order chi connectivity index (χ1) is 2.41. The van der Waals surface area contributed by atoms with Gasteiger partial charge in [-0.1, -0.05) is 0 Å². The van der Waals surface area contributed by atoms with Crippen LogP contribution in [0.4, 0.5) is 0 Å². The van der Waals surface area contributed by atoms with Crippen molar-refractivity contribution in [3.63, 3.8) is 0 Å². The summed E-state index contributed by atoms with van der Waals surface area (Å²) in [7, 11) is 0. The molecule has 0 heterocycles. The van der Waals surface area contributed by atoms with Crippen molar-refractivity contribution in [1.82, 2.24) is 0 Å². The third-order valence-electron chi connectivity index (χ3n) is 0.263. The van der Waals surface area contributed by atoms with Crippen molar-refractivity contribution in [3.8, 4) is 0 Å². The van der Waals surface area contributed by atoms with E-state index in [1.165, 1.54) is 0 Å². The SMILES string of the molecule is C=C[CH2][Al]=[O]. The fraction of sp³-hybridized carbons (Fsp3) is 0.333. The van der Waals surface area contributed by atoms with E-state index in [2.05, 4.69) is 6.58 Å². The quantitative estimate of drug-likeness (QED) is 0.354. The maximum atomic E-state index is 9.54. The van der Waals surface area contributed by atoms with Crippen LogP contribution in [-0.4, -0.2) is 15.2 Å². The summed E-state index contributed by atoms with van der Waals surface area (Å²) in [6.45, 7) is 3.37. The number of hydrogen-bond acceptors (Lipinski definition) is 1. The number of rotatable bonds is 2. The minimum atomic E-state index is -0.582. The molecule has 0 rings (SSSR count). The van der Waals surface area contributed by atoms with Gasteiger partial charge >= 0.3 is 36.9 Å². The zero-order valence-electron chi connectivity index (χ0n) is 2.98. The molecule has 1 nitrogen and oxygen atoms in total. The number of hydrogen-bond donors (Lipinski definition) is 0. The van der Waals surface area contributed by atoms with Crippen LogP contribution in [0, 0.1) is 0 Å². The molecule has 0 aromatic carbocycles. The van der Waals surface area contributed by atoms with Gasteiger partial charge in [0, 0.05) is 0 Å². The Bertz CT molecular complexity index is 36.2. The van der Waals surface area contributed by atoms with Crippen molar-refractivity contribution < 1.29 is 3.80 Å². The van der Waals surface area contributed by atoms with Crippen LogP contribution < -0.4 is 0 Å². The Hall–Kier alpha value is 0.0725. The molecule has 5 heavy (non-hydrogen) atoms. The first kappa shape index (κ1) is 5.07. The molecule has 0 aliphatic rings. The molecule has 26 valence electrons. The topological polar surface area (TPSA) is 17.1 Å². The fourth-order valence-corrected chi connectivity index (χ4v) is 0.204. The Morgan fingerprint density at radius 1 is 2.00 bits per heavy atom. The van der Waals surface area contributed by atoms with Crippen LogP contribution in [0.15, 0.2) is 12.7 Å². The van der Waals surface area contributed by atoms with E-state index < -0.39 is 15.2 Å². The van der Waals surface area contributed by atoms with Gasteiger partial charge < -0.3 is 0 Å². The fourth-order valence-electron chi connectivity index (χ4n) is 0.0680. The minimum absolute atomic E-state index is 0.582. The molecule has 0 aromatic heterocycles. The summed E-state index contributed by atoms with van der Waals surface area (Å²) in [4.78, 5) is 0. The molecule has 0 fully saturated rings. The van der Waals surface area contributed by atoms with Gasteiger partial charge in [0.1, 0.15) is 0 Å². The second kappa shape index (κ2) is 4.07. The molecule has 2 heteroatoms. The Morgan fingerprint density at radius 2 is 2.60 bits per heavy atom. The summed E-state index contributed by atoms with van der Waals surface area (Å²) >= 11 is -0.582. The Kier molecular flexibility index (Phi) is 4.13. The Balaban J connectivity index is 2.65. The zero-order valence-corrected chi connectivity index (χ0v) is 4.13. The molecule has 0 amide bonds. The molecule has 0 unspecified atom stereocenters. The summed E-state index contributed by atoms with van der Waals surface area (Å²) < 4.78 is 9.54. The molecule has 0 N–H and O–H groups in total. The third kappa shape index (κ3) is 4.07. The van der Waals surface area contributed by atoms with Crippen molar-refractivity contribution >= 4 is 15.2 Å². The van der Waals surface area contributed by atoms with Crippen molar-refractivity contribution in [2.24, 2.45) is 0 Å². The van der Waals surface area contributed by atoms with Crippen LogP contribution in [0.3, 0.4) is 0 Å². The van der Waals surface area contributed by atoms with E-state index in [9.17, 15) is 3.80 Å². The molecule has 0 atom stereocenters. The van der Waals surface area contributed by atoms with Crippen LogP contribution >= 0.6 is 0 Å². The summed E-state index contributed by atoms with van der Waals surface area (Å²) in [6.07, 6.45) is 1.66. The van der Waals surface area contributed by atoms with Gasteiger partial charge in [0.15, 0.2) is 0 Å². The van der Waals surface area contributed by atoms with E-state index in [1.807, 2.05) is 0 Å². The van der Waals surface area contributed by atoms with E-state index in [0.717, 1.165) is 0 Å². The van der Waals surface area contributed by atoms with Gasteiger partial charge in [0.25, 0.3) is 0 Å². The van der Waals surface area contributed by atoms with E-state index in [-0.39, 0.29) is 0 Å². The van der Waals surface area contributed by atoms with Crippen molar-refractivity contribution in [2.45, 2.75) is 5.28 Å². The molecule has 0 saturated carbocycles. The van der Waals surface area contributed by atoms with Gasteiger partial charge in [-0.15, -0.1) is 0 Å². The number of allylic oxidation sites excluding steroid dienone is 1. The second-order valence-electron chi connectivity index (χ2n) is 0.691. The molecule has 0 aliphatic heterocycles. The molecule has 0 saturated heterocycles.